The van der Waals surface area contributed by atoms with Crippen LogP contribution in [0.15, 0.2) is 30.3 Å². The van der Waals surface area contributed by atoms with Crippen LogP contribution in [0.1, 0.15) is 24.5 Å². The second kappa shape index (κ2) is 3.19. The molecule has 0 spiro atoms. The number of benzene rings is 1. The van der Waals surface area contributed by atoms with Crippen LogP contribution >= 0.6 is 0 Å². The zero-order valence-electron chi connectivity index (χ0n) is 7.68. The number of ketones is 1. The third-order valence-electron chi connectivity index (χ3n) is 2.78. The van der Waals surface area contributed by atoms with Crippen LogP contribution in [0.3, 0.4) is 0 Å². The summed E-state index contributed by atoms with van der Waals surface area (Å²) in [7, 11) is 0. The van der Waals surface area contributed by atoms with Crippen LogP contribution in [0.2, 0.25) is 0 Å². The van der Waals surface area contributed by atoms with E-state index in [1.54, 1.807) is 24.3 Å². The number of Topliss-reactive ketones (excluding diaryl/α,β-unsaturated/α-hetero) is 1. The zero-order valence-corrected chi connectivity index (χ0v) is 7.68. The summed E-state index contributed by atoms with van der Waals surface area (Å²) in [4.78, 5) is 11.2. The fourth-order valence-corrected chi connectivity index (χ4v) is 1.68. The topological polar surface area (TPSA) is 57.5 Å². The molecule has 3 heteroatoms. The third kappa shape index (κ3) is 1.25. The molecule has 0 aliphatic heterocycles. The minimum absolute atomic E-state index is 0.270. The molecule has 0 saturated heterocycles. The maximum Gasteiger partial charge on any atom is 0.167 e. The average Bonchev–Trinajstić information content (AvgIpc) is 2.26. The van der Waals surface area contributed by atoms with Crippen molar-refractivity contribution in [2.45, 2.75) is 24.5 Å². The van der Waals surface area contributed by atoms with Gasteiger partial charge in [-0.1, -0.05) is 30.3 Å². The molecule has 2 unspecified atom stereocenters. The Balaban J connectivity index is 2.24. The Hall–Kier alpha value is -1.19. The highest BCUT2D eigenvalue weighted by Crippen LogP contribution is 2.38. The van der Waals surface area contributed by atoms with Gasteiger partial charge in [0.05, 0.1) is 0 Å². The molecule has 74 valence electrons. The van der Waals surface area contributed by atoms with Crippen molar-refractivity contribution in [3.63, 3.8) is 0 Å². The lowest BCUT2D eigenvalue weighted by molar-refractivity contribution is -0.168. The molecule has 0 radical (unpaired) electrons. The summed E-state index contributed by atoms with van der Waals surface area (Å²) in [5.41, 5.74) is -0.954. The van der Waals surface area contributed by atoms with Crippen molar-refractivity contribution in [1.82, 2.24) is 0 Å². The molecule has 2 rings (SSSR count). The Morgan fingerprint density at radius 1 is 1.29 bits per heavy atom. The highest BCUT2D eigenvalue weighted by Gasteiger charge is 2.50. The summed E-state index contributed by atoms with van der Waals surface area (Å²) in [5, 5.41) is 19.6. The Bertz CT molecular complexity index is 347. The Morgan fingerprint density at radius 3 is 2.36 bits per heavy atom. The summed E-state index contributed by atoms with van der Waals surface area (Å²) >= 11 is 0. The van der Waals surface area contributed by atoms with E-state index < -0.39 is 11.7 Å². The van der Waals surface area contributed by atoms with E-state index in [0.29, 0.717) is 18.4 Å². The second-order valence-corrected chi connectivity index (χ2v) is 3.66. The molecular formula is C11H12O3. The first kappa shape index (κ1) is 9.37. The van der Waals surface area contributed by atoms with Gasteiger partial charge < -0.3 is 10.2 Å². The van der Waals surface area contributed by atoms with Gasteiger partial charge in [-0.3, -0.25) is 4.79 Å². The number of carbonyl (C=O) groups is 1. The van der Waals surface area contributed by atoms with Gasteiger partial charge in [0, 0.05) is 6.42 Å². The second-order valence-electron chi connectivity index (χ2n) is 3.66. The van der Waals surface area contributed by atoms with Gasteiger partial charge in [0.2, 0.25) is 0 Å². The monoisotopic (exact) mass is 192 g/mol. The molecule has 1 aromatic rings. The lowest BCUT2D eigenvalue weighted by atomic mass is 9.73. The first-order valence-corrected chi connectivity index (χ1v) is 4.63. The van der Waals surface area contributed by atoms with Gasteiger partial charge in [0.1, 0.15) is 6.10 Å². The molecule has 2 atom stereocenters. The third-order valence-corrected chi connectivity index (χ3v) is 2.78. The fourth-order valence-electron chi connectivity index (χ4n) is 1.68. The van der Waals surface area contributed by atoms with Gasteiger partial charge in [0.25, 0.3) is 0 Å². The van der Waals surface area contributed by atoms with Crippen molar-refractivity contribution < 1.29 is 15.0 Å². The highest BCUT2D eigenvalue weighted by atomic mass is 16.4. The number of aliphatic hydroxyl groups excluding tert-OH is 1. The van der Waals surface area contributed by atoms with Crippen LogP contribution in [-0.2, 0) is 4.79 Å². The zero-order chi connectivity index (χ0) is 10.2. The molecule has 0 amide bonds. The lowest BCUT2D eigenvalue weighted by Crippen LogP contribution is -2.52. The van der Waals surface area contributed by atoms with Gasteiger partial charge in [0.15, 0.2) is 11.4 Å². The Labute approximate surface area is 82.0 Å². The Kier molecular flexibility index (Phi) is 2.13. The van der Waals surface area contributed by atoms with E-state index in [1.165, 1.54) is 0 Å². The van der Waals surface area contributed by atoms with E-state index in [1.807, 2.05) is 6.07 Å². The van der Waals surface area contributed by atoms with Crippen LogP contribution in [0.25, 0.3) is 0 Å². The molecule has 0 bridgehead atoms. The van der Waals surface area contributed by atoms with Crippen molar-refractivity contribution >= 4 is 5.78 Å². The van der Waals surface area contributed by atoms with Gasteiger partial charge in [-0.2, -0.15) is 0 Å². The molecular weight excluding hydrogens is 180 g/mol. The van der Waals surface area contributed by atoms with Crippen LogP contribution in [0, 0.1) is 0 Å². The van der Waals surface area contributed by atoms with Gasteiger partial charge in [-0.15, -0.1) is 0 Å². The maximum absolute atomic E-state index is 11.2. The summed E-state index contributed by atoms with van der Waals surface area (Å²) in [6.07, 6.45) is -0.382. The number of rotatable bonds is 2. The minimum Gasteiger partial charge on any atom is -0.385 e. The normalized spacial score (nSPS) is 28.3. The summed E-state index contributed by atoms with van der Waals surface area (Å²) in [5.74, 6) is -0.270. The SMILES string of the molecule is O=C1CCC1(O)C(O)c1ccccc1. The van der Waals surface area contributed by atoms with Crippen molar-refractivity contribution in [2.24, 2.45) is 0 Å². The van der Waals surface area contributed by atoms with Crippen LogP contribution in [0.5, 0.6) is 0 Å². The van der Waals surface area contributed by atoms with Crippen molar-refractivity contribution in [2.75, 3.05) is 0 Å². The largest absolute Gasteiger partial charge is 0.385 e. The van der Waals surface area contributed by atoms with Crippen molar-refractivity contribution in [3.8, 4) is 0 Å². The first-order valence-electron chi connectivity index (χ1n) is 4.63. The van der Waals surface area contributed by atoms with Gasteiger partial charge in [-0.25, -0.2) is 0 Å². The summed E-state index contributed by atoms with van der Waals surface area (Å²) < 4.78 is 0. The average molecular weight is 192 g/mol. The summed E-state index contributed by atoms with van der Waals surface area (Å²) in [6, 6.07) is 8.77. The van der Waals surface area contributed by atoms with E-state index in [4.69, 9.17) is 0 Å². The number of hydrogen-bond acceptors (Lipinski definition) is 3. The van der Waals surface area contributed by atoms with Crippen LogP contribution in [-0.4, -0.2) is 21.6 Å². The summed E-state index contributed by atoms with van der Waals surface area (Å²) in [6.45, 7) is 0. The van der Waals surface area contributed by atoms with Crippen LogP contribution < -0.4 is 0 Å². The smallest absolute Gasteiger partial charge is 0.167 e. The number of carbonyl (C=O) groups excluding carboxylic acids is 1. The first-order chi connectivity index (χ1) is 6.64. The molecule has 0 heterocycles. The lowest BCUT2D eigenvalue weighted by Gasteiger charge is -2.38. The van der Waals surface area contributed by atoms with Gasteiger partial charge >= 0.3 is 0 Å². The quantitative estimate of drug-likeness (QED) is 0.729. The molecule has 1 aliphatic rings. The van der Waals surface area contributed by atoms with E-state index >= 15 is 0 Å². The van der Waals surface area contributed by atoms with Crippen molar-refractivity contribution in [3.05, 3.63) is 35.9 Å². The fraction of sp³-hybridized carbons (Fsp3) is 0.364. The van der Waals surface area contributed by atoms with Crippen LogP contribution in [0.4, 0.5) is 0 Å². The molecule has 0 aromatic heterocycles. The predicted molar refractivity (Wildman–Crippen MR) is 50.6 cm³/mol. The van der Waals surface area contributed by atoms with Gasteiger partial charge in [-0.05, 0) is 12.0 Å². The molecule has 3 nitrogen and oxygen atoms in total. The van der Waals surface area contributed by atoms with E-state index in [2.05, 4.69) is 0 Å². The molecule has 1 fully saturated rings. The molecule has 1 aliphatic carbocycles. The Morgan fingerprint density at radius 2 is 1.93 bits per heavy atom. The standard InChI is InChI=1S/C11H12O3/c12-9-6-7-11(9,14)10(13)8-4-2-1-3-5-8/h1-5,10,13-14H,6-7H2. The molecule has 2 N–H and O–H groups in total. The number of aliphatic hydroxyl groups is 2. The molecule has 1 aromatic carbocycles. The van der Waals surface area contributed by atoms with E-state index in [9.17, 15) is 15.0 Å². The minimum atomic E-state index is -1.54. The molecule has 1 saturated carbocycles. The number of hydrogen-bond donors (Lipinski definition) is 2. The predicted octanol–water partition coefficient (Wildman–Crippen LogP) is 0.814. The van der Waals surface area contributed by atoms with E-state index in [0.717, 1.165) is 0 Å². The van der Waals surface area contributed by atoms with Crippen molar-refractivity contribution in [1.29, 1.82) is 0 Å². The maximum atomic E-state index is 11.2. The highest BCUT2D eigenvalue weighted by molar-refractivity contribution is 5.93. The molecule has 14 heavy (non-hydrogen) atoms. The van der Waals surface area contributed by atoms with E-state index in [-0.39, 0.29) is 5.78 Å².